The molecule has 0 spiro atoms. The molecule has 1 rings (SSSR count). The summed E-state index contributed by atoms with van der Waals surface area (Å²) in [5, 5.41) is 8.77. The van der Waals surface area contributed by atoms with Gasteiger partial charge in [-0.25, -0.2) is 10.8 Å². The number of aliphatic hydroxyl groups excluding tert-OH is 1. The quantitative estimate of drug-likeness (QED) is 0.446. The predicted octanol–water partition coefficient (Wildman–Crippen LogP) is -0.0335. The van der Waals surface area contributed by atoms with Gasteiger partial charge < -0.3 is 10.5 Å². The number of hydrazine groups is 1. The Morgan fingerprint density at radius 3 is 2.75 bits per heavy atom. The van der Waals surface area contributed by atoms with Crippen LogP contribution in [0.4, 0.5) is 5.82 Å². The fourth-order valence-electron chi connectivity index (χ4n) is 1.38. The molecule has 0 aliphatic heterocycles. The highest BCUT2D eigenvalue weighted by Crippen LogP contribution is 2.03. The van der Waals surface area contributed by atoms with Gasteiger partial charge in [0.25, 0.3) is 0 Å². The van der Waals surface area contributed by atoms with Crippen LogP contribution in [0.15, 0.2) is 12.4 Å². The first kappa shape index (κ1) is 12.8. The molecule has 0 radical (unpaired) electrons. The number of aromatic nitrogens is 2. The number of anilines is 1. The van der Waals surface area contributed by atoms with E-state index in [2.05, 4.69) is 27.2 Å². The third-order valence-electron chi connectivity index (χ3n) is 2.32. The molecule has 0 aliphatic carbocycles. The van der Waals surface area contributed by atoms with Crippen LogP contribution in [0.2, 0.25) is 0 Å². The highest BCUT2D eigenvalue weighted by Gasteiger charge is 2.04. The molecule has 4 N–H and O–H groups in total. The van der Waals surface area contributed by atoms with Gasteiger partial charge in [-0.05, 0) is 13.0 Å². The van der Waals surface area contributed by atoms with E-state index in [0.717, 1.165) is 31.7 Å². The maximum Gasteiger partial charge on any atom is 0.158 e. The number of hydrogen-bond donors (Lipinski definition) is 3. The normalized spacial score (nSPS) is 10.8. The van der Waals surface area contributed by atoms with E-state index < -0.39 is 0 Å². The maximum atomic E-state index is 8.77. The van der Waals surface area contributed by atoms with Crippen molar-refractivity contribution >= 4 is 5.82 Å². The van der Waals surface area contributed by atoms with Crippen LogP contribution in [0.1, 0.15) is 19.0 Å². The summed E-state index contributed by atoms with van der Waals surface area (Å²) in [5.41, 5.74) is 3.34. The summed E-state index contributed by atoms with van der Waals surface area (Å²) in [6.45, 7) is 4.84. The molecule has 0 bridgehead atoms. The van der Waals surface area contributed by atoms with Gasteiger partial charge in [-0.15, -0.1) is 0 Å². The zero-order chi connectivity index (χ0) is 11.8. The van der Waals surface area contributed by atoms with Crippen molar-refractivity contribution in [1.29, 1.82) is 0 Å². The summed E-state index contributed by atoms with van der Waals surface area (Å²) in [5.74, 6) is 5.76. The average Bonchev–Trinajstić information content (AvgIpc) is 2.35. The Morgan fingerprint density at radius 2 is 2.25 bits per heavy atom. The first-order valence-corrected chi connectivity index (χ1v) is 5.41. The van der Waals surface area contributed by atoms with Crippen molar-refractivity contribution in [1.82, 2.24) is 14.9 Å². The van der Waals surface area contributed by atoms with Crippen molar-refractivity contribution in [2.75, 3.05) is 25.1 Å². The molecule has 1 aromatic rings. The minimum atomic E-state index is 0.220. The molecule has 6 heteroatoms. The summed E-state index contributed by atoms with van der Waals surface area (Å²) in [7, 11) is 0. The van der Waals surface area contributed by atoms with E-state index in [9.17, 15) is 0 Å². The first-order chi connectivity index (χ1) is 7.80. The summed E-state index contributed by atoms with van der Waals surface area (Å²) in [6.07, 6.45) is 4.09. The molecule has 1 heterocycles. The van der Waals surface area contributed by atoms with Crippen molar-refractivity contribution < 1.29 is 5.11 Å². The molecule has 0 fully saturated rings. The first-order valence-electron chi connectivity index (χ1n) is 5.41. The smallest absolute Gasteiger partial charge is 0.158 e. The zero-order valence-electron chi connectivity index (χ0n) is 9.56. The van der Waals surface area contributed by atoms with E-state index in [1.807, 2.05) is 0 Å². The van der Waals surface area contributed by atoms with Gasteiger partial charge in [-0.1, -0.05) is 6.92 Å². The Balaban J connectivity index is 2.49. The molecule has 0 aliphatic rings. The standard InChI is InChI=1S/C10H19N5O/c1-2-15(4-3-5-16)8-9-6-13-10(14-11)7-12-9/h6-7,16H,2-5,8,11H2,1H3,(H,13,14). The topological polar surface area (TPSA) is 87.3 Å². The van der Waals surface area contributed by atoms with E-state index in [1.165, 1.54) is 0 Å². The largest absolute Gasteiger partial charge is 0.396 e. The number of aliphatic hydroxyl groups is 1. The Morgan fingerprint density at radius 1 is 1.44 bits per heavy atom. The number of nitrogens with zero attached hydrogens (tertiary/aromatic N) is 3. The third kappa shape index (κ3) is 4.09. The highest BCUT2D eigenvalue weighted by molar-refractivity contribution is 5.28. The second kappa shape index (κ2) is 7.10. The lowest BCUT2D eigenvalue weighted by atomic mass is 10.3. The molecule has 0 atom stereocenters. The highest BCUT2D eigenvalue weighted by atomic mass is 16.3. The van der Waals surface area contributed by atoms with Gasteiger partial charge in [0.05, 0.1) is 18.1 Å². The van der Waals surface area contributed by atoms with E-state index in [4.69, 9.17) is 10.9 Å². The van der Waals surface area contributed by atoms with Crippen LogP contribution in [0.25, 0.3) is 0 Å². The number of rotatable bonds is 7. The Kier molecular flexibility index (Phi) is 5.69. The van der Waals surface area contributed by atoms with Crippen molar-refractivity contribution in [3.63, 3.8) is 0 Å². The van der Waals surface area contributed by atoms with Crippen LogP contribution in [0.3, 0.4) is 0 Å². The van der Waals surface area contributed by atoms with Gasteiger partial charge in [0, 0.05) is 19.7 Å². The molecule has 0 unspecified atom stereocenters. The van der Waals surface area contributed by atoms with Gasteiger partial charge in [0.1, 0.15) is 0 Å². The van der Waals surface area contributed by atoms with E-state index >= 15 is 0 Å². The van der Waals surface area contributed by atoms with Gasteiger partial charge >= 0.3 is 0 Å². The van der Waals surface area contributed by atoms with E-state index in [-0.39, 0.29) is 6.61 Å². The molecule has 1 aromatic heterocycles. The molecule has 0 saturated heterocycles. The van der Waals surface area contributed by atoms with Crippen molar-refractivity contribution in [3.05, 3.63) is 18.1 Å². The van der Waals surface area contributed by atoms with Crippen molar-refractivity contribution in [2.24, 2.45) is 5.84 Å². The Bertz CT molecular complexity index is 290. The Hall–Kier alpha value is -1.24. The van der Waals surface area contributed by atoms with Crippen LogP contribution in [-0.2, 0) is 6.54 Å². The fourth-order valence-corrected chi connectivity index (χ4v) is 1.38. The molecule has 0 amide bonds. The number of hydrogen-bond acceptors (Lipinski definition) is 6. The average molecular weight is 225 g/mol. The Labute approximate surface area is 95.5 Å². The molecular weight excluding hydrogens is 206 g/mol. The van der Waals surface area contributed by atoms with Gasteiger partial charge in [0.15, 0.2) is 5.82 Å². The van der Waals surface area contributed by atoms with Crippen LogP contribution in [0, 0.1) is 0 Å². The molecule has 16 heavy (non-hydrogen) atoms. The lowest BCUT2D eigenvalue weighted by Crippen LogP contribution is -2.25. The number of nitrogen functional groups attached to an aromatic ring is 1. The van der Waals surface area contributed by atoms with Gasteiger partial charge in [-0.3, -0.25) is 9.88 Å². The number of nitrogens with two attached hydrogens (primary N) is 1. The monoisotopic (exact) mass is 225 g/mol. The van der Waals surface area contributed by atoms with E-state index in [0.29, 0.717) is 5.82 Å². The van der Waals surface area contributed by atoms with Crippen LogP contribution >= 0.6 is 0 Å². The fraction of sp³-hybridized carbons (Fsp3) is 0.600. The summed E-state index contributed by atoms with van der Waals surface area (Å²) in [4.78, 5) is 10.5. The van der Waals surface area contributed by atoms with Crippen molar-refractivity contribution in [3.8, 4) is 0 Å². The zero-order valence-corrected chi connectivity index (χ0v) is 9.56. The molecule has 90 valence electrons. The van der Waals surface area contributed by atoms with Gasteiger partial charge in [-0.2, -0.15) is 0 Å². The van der Waals surface area contributed by atoms with Crippen LogP contribution < -0.4 is 11.3 Å². The van der Waals surface area contributed by atoms with Crippen molar-refractivity contribution in [2.45, 2.75) is 19.9 Å². The van der Waals surface area contributed by atoms with Crippen LogP contribution in [0.5, 0.6) is 0 Å². The molecule has 0 aromatic carbocycles. The lowest BCUT2D eigenvalue weighted by molar-refractivity contribution is 0.224. The minimum Gasteiger partial charge on any atom is -0.396 e. The predicted molar refractivity (Wildman–Crippen MR) is 62.5 cm³/mol. The molecule has 6 nitrogen and oxygen atoms in total. The van der Waals surface area contributed by atoms with Crippen LogP contribution in [-0.4, -0.2) is 39.7 Å². The molecule has 0 saturated carbocycles. The minimum absolute atomic E-state index is 0.220. The summed E-state index contributed by atoms with van der Waals surface area (Å²) < 4.78 is 0. The second-order valence-electron chi connectivity index (χ2n) is 3.48. The summed E-state index contributed by atoms with van der Waals surface area (Å²) >= 11 is 0. The number of nitrogens with one attached hydrogen (secondary N) is 1. The lowest BCUT2D eigenvalue weighted by Gasteiger charge is -2.19. The third-order valence-corrected chi connectivity index (χ3v) is 2.32. The summed E-state index contributed by atoms with van der Waals surface area (Å²) in [6, 6.07) is 0. The maximum absolute atomic E-state index is 8.77. The SMILES string of the molecule is CCN(CCCO)Cc1cnc(NN)cn1. The van der Waals surface area contributed by atoms with Gasteiger partial charge in [0.2, 0.25) is 0 Å². The van der Waals surface area contributed by atoms with E-state index in [1.54, 1.807) is 12.4 Å². The second-order valence-corrected chi connectivity index (χ2v) is 3.48. The molecular formula is C10H19N5O.